The number of halogens is 1. The van der Waals surface area contributed by atoms with Gasteiger partial charge in [0.05, 0.1) is 10.6 Å². The molecule has 3 fully saturated rings. The molecule has 0 aromatic heterocycles. The number of thioether (sulfide) groups is 1. The minimum Gasteiger partial charge on any atom is -0.377 e. The van der Waals surface area contributed by atoms with E-state index in [1.807, 2.05) is 56.6 Å². The van der Waals surface area contributed by atoms with Gasteiger partial charge in [0.1, 0.15) is 0 Å². The van der Waals surface area contributed by atoms with Gasteiger partial charge in [-0.1, -0.05) is 60.1 Å². The van der Waals surface area contributed by atoms with Gasteiger partial charge in [-0.2, -0.15) is 5.48 Å². The molecule has 3 aliphatic heterocycles. The minimum atomic E-state index is -4.25. The summed E-state index contributed by atoms with van der Waals surface area (Å²) in [6.45, 7) is 8.22. The molecule has 0 spiro atoms. The molecule has 3 heterocycles. The molecule has 12 nitrogen and oxygen atoms in total. The van der Waals surface area contributed by atoms with E-state index in [9.17, 15) is 18.4 Å². The van der Waals surface area contributed by atoms with Crippen LogP contribution < -0.4 is 25.7 Å². The second-order valence-corrected chi connectivity index (χ2v) is 20.3. The van der Waals surface area contributed by atoms with Crippen molar-refractivity contribution < 1.29 is 23.9 Å². The molecular weight excluding hydrogens is 852 g/mol. The third kappa shape index (κ3) is 11.6. The number of hydrogen-bond donors (Lipinski definition) is 5. The maximum Gasteiger partial charge on any atom is 0.264 e. The second kappa shape index (κ2) is 20.6. The van der Waals surface area contributed by atoms with E-state index < -0.39 is 15.9 Å². The van der Waals surface area contributed by atoms with Crippen molar-refractivity contribution in [3.05, 3.63) is 137 Å². The lowest BCUT2D eigenvalue weighted by molar-refractivity contribution is -0.825. The summed E-state index contributed by atoms with van der Waals surface area (Å²) in [5, 5.41) is 18.0. The number of rotatable bonds is 18. The zero-order chi connectivity index (χ0) is 43.9. The number of likely N-dealkylation sites (tertiary alicyclic amines) is 1. The summed E-state index contributed by atoms with van der Waals surface area (Å²) >= 11 is 7.99. The van der Waals surface area contributed by atoms with Gasteiger partial charge < -0.3 is 20.4 Å². The Morgan fingerprint density at radius 3 is 2.38 bits per heavy atom. The Labute approximate surface area is 381 Å². The fraction of sp³-hybridized carbons (Fsp3) is 0.354. The molecule has 3 saturated heterocycles. The lowest BCUT2D eigenvalue weighted by atomic mass is 9.96. The number of nitrogens with two attached hydrogens (primary N) is 1. The Kier molecular flexibility index (Phi) is 14.7. The molecule has 332 valence electrons. The van der Waals surface area contributed by atoms with Crippen LogP contribution in [0.3, 0.4) is 0 Å². The summed E-state index contributed by atoms with van der Waals surface area (Å²) < 4.78 is 29.2. The summed E-state index contributed by atoms with van der Waals surface area (Å²) in [6, 6.07) is 38.0. The number of carbonyl (C=O) groups excluding carboxylic acids is 1. The highest BCUT2D eigenvalue weighted by atomic mass is 35.5. The number of benzene rings is 5. The normalized spacial score (nSPS) is 18.5. The van der Waals surface area contributed by atoms with E-state index >= 15 is 0 Å². The SMILES string of the molecule is CN(C)CCC(CSc1ccccc1)Nc1ccc(S(=O)(=O)NC(=O)c2ccc(N3CCN(Cc4cc(CN5CC6C[C@@H]5CN6)ccc4-c4ccc(Cl)cc4)CC3)cc2)cc1[NH2+]O. The van der Waals surface area contributed by atoms with Gasteiger partial charge in [-0.3, -0.25) is 14.6 Å². The van der Waals surface area contributed by atoms with E-state index in [1.54, 1.807) is 30.0 Å². The number of sulfonamides is 1. The molecule has 1 amide bonds. The Morgan fingerprint density at radius 2 is 1.70 bits per heavy atom. The maximum atomic E-state index is 13.5. The van der Waals surface area contributed by atoms with Crippen molar-refractivity contribution in [2.24, 2.45) is 0 Å². The van der Waals surface area contributed by atoms with Crippen molar-refractivity contribution in [1.29, 1.82) is 0 Å². The zero-order valence-corrected chi connectivity index (χ0v) is 38.3. The summed E-state index contributed by atoms with van der Waals surface area (Å²) in [5.41, 5.74) is 8.07. The van der Waals surface area contributed by atoms with Crippen LogP contribution in [0, 0.1) is 0 Å². The van der Waals surface area contributed by atoms with E-state index in [0.29, 0.717) is 23.5 Å². The number of carbonyl (C=O) groups is 1. The lowest BCUT2D eigenvalue weighted by Crippen LogP contribution is -2.74. The molecule has 3 atom stereocenters. The number of quaternary nitrogens is 1. The molecule has 0 saturated carbocycles. The van der Waals surface area contributed by atoms with Gasteiger partial charge >= 0.3 is 0 Å². The van der Waals surface area contributed by atoms with Crippen LogP contribution in [0.4, 0.5) is 17.1 Å². The van der Waals surface area contributed by atoms with E-state index in [2.05, 4.69) is 77.4 Å². The van der Waals surface area contributed by atoms with Crippen LogP contribution in [0.15, 0.2) is 125 Å². The number of piperazine rings is 2. The fourth-order valence-electron chi connectivity index (χ4n) is 8.82. The third-order valence-electron chi connectivity index (χ3n) is 12.3. The van der Waals surface area contributed by atoms with Crippen molar-refractivity contribution >= 4 is 56.4 Å². The Bertz CT molecular complexity index is 2440. The number of amides is 1. The largest absolute Gasteiger partial charge is 0.377 e. The summed E-state index contributed by atoms with van der Waals surface area (Å²) in [6.07, 6.45) is 2.08. The quantitative estimate of drug-likeness (QED) is 0.0397. The van der Waals surface area contributed by atoms with Crippen LogP contribution >= 0.6 is 23.4 Å². The van der Waals surface area contributed by atoms with Crippen molar-refractivity contribution in [2.45, 2.75) is 53.8 Å². The third-order valence-corrected chi connectivity index (χ3v) is 15.1. The molecule has 15 heteroatoms. The first-order chi connectivity index (χ1) is 30.5. The van der Waals surface area contributed by atoms with Crippen molar-refractivity contribution in [1.82, 2.24) is 24.7 Å². The first-order valence-corrected chi connectivity index (χ1v) is 24.5. The van der Waals surface area contributed by atoms with Gasteiger partial charge in [-0.05, 0) is 116 Å². The molecule has 5 aromatic carbocycles. The van der Waals surface area contributed by atoms with Crippen molar-refractivity contribution in [3.63, 3.8) is 0 Å². The van der Waals surface area contributed by atoms with Crippen molar-refractivity contribution in [3.8, 4) is 11.1 Å². The standard InChI is InChI=1S/C48H57ClN8O4S2/c1-54(2)21-20-39(33-62-43-6-4-3-5-7-43)51-46-19-17-44(28-47(46)52-59)63(60,61)53-48(58)36-11-15-41(16-12-36)56-24-22-55(23-25-56)31-37-26-34(30-57-32-40-27-42(57)29-50-40)8-18-45(37)35-9-13-38(49)14-10-35/h3-19,26,28,39-40,42,50-52,59H,20-25,27,29-33H2,1-2H3,(H,53,58)/p+1/t39?,40?,42-/m1/s1. The van der Waals surface area contributed by atoms with E-state index in [4.69, 9.17) is 11.6 Å². The predicted octanol–water partition coefficient (Wildman–Crippen LogP) is 6.10. The first-order valence-electron chi connectivity index (χ1n) is 21.7. The first kappa shape index (κ1) is 45.1. The number of hydrogen-bond acceptors (Lipinski definition) is 11. The molecule has 6 N–H and O–H groups in total. The molecule has 0 radical (unpaired) electrons. The average Bonchev–Trinajstić information content (AvgIpc) is 3.92. The molecular formula is C48H58ClN8O4S2+. The summed E-state index contributed by atoms with van der Waals surface area (Å²) in [7, 11) is -0.200. The molecule has 8 rings (SSSR count). The van der Waals surface area contributed by atoms with Crippen LogP contribution in [-0.4, -0.2) is 118 Å². The summed E-state index contributed by atoms with van der Waals surface area (Å²) in [4.78, 5) is 23.9. The van der Waals surface area contributed by atoms with Crippen LogP contribution in [0.25, 0.3) is 11.1 Å². The predicted molar refractivity (Wildman–Crippen MR) is 254 cm³/mol. The molecule has 5 aromatic rings. The molecule has 3 aliphatic rings. The van der Waals surface area contributed by atoms with Gasteiger partial charge in [-0.25, -0.2) is 18.3 Å². The van der Waals surface area contributed by atoms with E-state index in [-0.39, 0.29) is 16.5 Å². The molecule has 2 bridgehead atoms. The van der Waals surface area contributed by atoms with Crippen LogP contribution in [0.1, 0.15) is 34.3 Å². The van der Waals surface area contributed by atoms with Crippen molar-refractivity contribution in [2.75, 3.05) is 75.9 Å². The van der Waals surface area contributed by atoms with Crippen LogP contribution in [0.5, 0.6) is 0 Å². The van der Waals surface area contributed by atoms with Crippen LogP contribution in [-0.2, 0) is 23.1 Å². The smallest absolute Gasteiger partial charge is 0.264 e. The molecule has 2 unspecified atom stereocenters. The highest BCUT2D eigenvalue weighted by Crippen LogP contribution is 2.31. The fourth-order valence-corrected chi connectivity index (χ4v) is 11.0. The van der Waals surface area contributed by atoms with E-state index in [1.165, 1.54) is 35.2 Å². The minimum absolute atomic E-state index is 0.0416. The number of nitrogens with one attached hydrogen (secondary N) is 3. The Morgan fingerprint density at radius 1 is 0.937 bits per heavy atom. The second-order valence-electron chi connectivity index (χ2n) is 17.1. The van der Waals surface area contributed by atoms with Gasteiger partial charge in [0.15, 0.2) is 5.69 Å². The summed E-state index contributed by atoms with van der Waals surface area (Å²) in [5.74, 6) is 0.0468. The number of nitrogens with zero attached hydrogens (tertiary/aromatic N) is 4. The number of anilines is 2. The van der Waals surface area contributed by atoms with Crippen LogP contribution in [0.2, 0.25) is 5.02 Å². The molecule has 0 aliphatic carbocycles. The Hall–Kier alpha value is -4.48. The van der Waals surface area contributed by atoms with Gasteiger partial charge in [0.2, 0.25) is 0 Å². The topological polar surface area (TPSA) is 137 Å². The monoisotopic (exact) mass is 909 g/mol. The number of fused-ring (bicyclic) bond motifs is 2. The zero-order valence-electron chi connectivity index (χ0n) is 35.9. The maximum absolute atomic E-state index is 13.5. The van der Waals surface area contributed by atoms with E-state index in [0.717, 1.165) is 97.7 Å². The van der Waals surface area contributed by atoms with Gasteiger partial charge in [-0.15, -0.1) is 11.8 Å². The average molecular weight is 911 g/mol. The Balaban J connectivity index is 0.871. The van der Waals surface area contributed by atoms with Gasteiger partial charge in [0.25, 0.3) is 15.9 Å². The van der Waals surface area contributed by atoms with Gasteiger partial charge in [0, 0.05) is 103 Å². The lowest BCUT2D eigenvalue weighted by Gasteiger charge is -2.36. The molecule has 63 heavy (non-hydrogen) atoms. The highest BCUT2D eigenvalue weighted by molar-refractivity contribution is 7.99. The highest BCUT2D eigenvalue weighted by Gasteiger charge is 2.37.